The van der Waals surface area contributed by atoms with E-state index in [1.54, 1.807) is 0 Å². The van der Waals surface area contributed by atoms with E-state index >= 15 is 0 Å². The molecule has 1 N–H and O–H groups in total. The largest absolute Gasteiger partial charge is 0.310 e. The molecule has 0 radical (unpaired) electrons. The molecule has 1 atom stereocenters. The number of nitrogens with zero attached hydrogens (tertiary/aromatic N) is 1. The maximum Gasteiger partial charge on any atom is 0.0317 e. The molecule has 0 aliphatic heterocycles. The first-order valence-corrected chi connectivity index (χ1v) is 7.13. The van der Waals surface area contributed by atoms with Gasteiger partial charge in [-0.05, 0) is 52.4 Å². The normalized spacial score (nSPS) is 13.2. The minimum Gasteiger partial charge on any atom is -0.310 e. The SMILES string of the molecule is CCC(NCCCN(C)C(C)C)c1ccccc1. The lowest BCUT2D eigenvalue weighted by atomic mass is 10.0. The van der Waals surface area contributed by atoms with Crippen LogP contribution in [-0.4, -0.2) is 31.1 Å². The first-order chi connectivity index (χ1) is 8.65. The van der Waals surface area contributed by atoms with Crippen LogP contribution in [0.15, 0.2) is 30.3 Å². The van der Waals surface area contributed by atoms with Gasteiger partial charge in [0.1, 0.15) is 0 Å². The average molecular weight is 248 g/mol. The lowest BCUT2D eigenvalue weighted by Gasteiger charge is -2.22. The van der Waals surface area contributed by atoms with Crippen LogP contribution in [0.2, 0.25) is 0 Å². The van der Waals surface area contributed by atoms with Gasteiger partial charge in [-0.15, -0.1) is 0 Å². The van der Waals surface area contributed by atoms with Gasteiger partial charge in [0.25, 0.3) is 0 Å². The molecule has 2 nitrogen and oxygen atoms in total. The highest BCUT2D eigenvalue weighted by atomic mass is 15.1. The summed E-state index contributed by atoms with van der Waals surface area (Å²) in [7, 11) is 2.19. The molecule has 102 valence electrons. The monoisotopic (exact) mass is 248 g/mol. The summed E-state index contributed by atoms with van der Waals surface area (Å²) in [6.45, 7) is 8.98. The minimum absolute atomic E-state index is 0.496. The van der Waals surface area contributed by atoms with Crippen LogP contribution in [-0.2, 0) is 0 Å². The van der Waals surface area contributed by atoms with E-state index in [9.17, 15) is 0 Å². The Kier molecular flexibility index (Phi) is 6.99. The molecule has 18 heavy (non-hydrogen) atoms. The van der Waals surface area contributed by atoms with E-state index < -0.39 is 0 Å². The van der Waals surface area contributed by atoms with Crippen molar-refractivity contribution in [2.45, 2.75) is 45.7 Å². The van der Waals surface area contributed by atoms with E-state index in [4.69, 9.17) is 0 Å². The number of hydrogen-bond donors (Lipinski definition) is 1. The molecule has 1 unspecified atom stereocenters. The van der Waals surface area contributed by atoms with Gasteiger partial charge in [-0.2, -0.15) is 0 Å². The van der Waals surface area contributed by atoms with Crippen LogP contribution in [0, 0.1) is 0 Å². The summed E-state index contributed by atoms with van der Waals surface area (Å²) in [6, 6.07) is 11.9. The highest BCUT2D eigenvalue weighted by Gasteiger charge is 2.08. The van der Waals surface area contributed by atoms with Crippen LogP contribution in [0.1, 0.15) is 45.2 Å². The van der Waals surface area contributed by atoms with Crippen LogP contribution >= 0.6 is 0 Å². The quantitative estimate of drug-likeness (QED) is 0.709. The van der Waals surface area contributed by atoms with Crippen LogP contribution in [0.5, 0.6) is 0 Å². The van der Waals surface area contributed by atoms with E-state index in [1.807, 2.05) is 0 Å². The van der Waals surface area contributed by atoms with Gasteiger partial charge in [-0.25, -0.2) is 0 Å². The number of rotatable bonds is 8. The molecule has 0 amide bonds. The van der Waals surface area contributed by atoms with E-state index in [1.165, 1.54) is 12.0 Å². The fraction of sp³-hybridized carbons (Fsp3) is 0.625. The Bertz CT molecular complexity index is 308. The molecule has 0 bridgehead atoms. The zero-order valence-electron chi connectivity index (χ0n) is 12.3. The molecule has 0 spiro atoms. The van der Waals surface area contributed by atoms with Crippen LogP contribution in [0.25, 0.3) is 0 Å². The lowest BCUT2D eigenvalue weighted by molar-refractivity contribution is 0.267. The van der Waals surface area contributed by atoms with Gasteiger partial charge in [0.05, 0.1) is 0 Å². The van der Waals surface area contributed by atoms with E-state index in [-0.39, 0.29) is 0 Å². The Hall–Kier alpha value is -0.860. The molecule has 0 fully saturated rings. The first-order valence-electron chi connectivity index (χ1n) is 7.13. The molecule has 2 heteroatoms. The van der Waals surface area contributed by atoms with Crippen molar-refractivity contribution in [3.05, 3.63) is 35.9 Å². The Morgan fingerprint density at radius 3 is 2.39 bits per heavy atom. The number of hydrogen-bond acceptors (Lipinski definition) is 2. The highest BCUT2D eigenvalue weighted by molar-refractivity contribution is 5.18. The molecule has 0 saturated carbocycles. The van der Waals surface area contributed by atoms with Crippen LogP contribution in [0.4, 0.5) is 0 Å². The summed E-state index contributed by atoms with van der Waals surface area (Å²) < 4.78 is 0. The standard InChI is InChI=1S/C16H28N2/c1-5-16(15-10-7-6-8-11-15)17-12-9-13-18(4)14(2)3/h6-8,10-11,14,16-17H,5,9,12-13H2,1-4H3. The Morgan fingerprint density at radius 1 is 1.17 bits per heavy atom. The molecule has 0 aliphatic carbocycles. The predicted molar refractivity (Wildman–Crippen MR) is 79.9 cm³/mol. The molecule has 0 heterocycles. The van der Waals surface area contributed by atoms with Crippen molar-refractivity contribution in [1.82, 2.24) is 10.2 Å². The molecule has 0 saturated heterocycles. The number of nitrogens with one attached hydrogen (secondary N) is 1. The zero-order valence-corrected chi connectivity index (χ0v) is 12.3. The third kappa shape index (κ3) is 5.19. The first kappa shape index (κ1) is 15.2. The molecular weight excluding hydrogens is 220 g/mol. The molecule has 1 rings (SSSR count). The fourth-order valence-corrected chi connectivity index (χ4v) is 2.05. The van der Waals surface area contributed by atoms with Crippen molar-refractivity contribution in [3.8, 4) is 0 Å². The van der Waals surface area contributed by atoms with Crippen molar-refractivity contribution in [2.75, 3.05) is 20.1 Å². The van der Waals surface area contributed by atoms with E-state index in [0.717, 1.165) is 19.5 Å². The van der Waals surface area contributed by atoms with E-state index in [0.29, 0.717) is 12.1 Å². The van der Waals surface area contributed by atoms with Gasteiger partial charge >= 0.3 is 0 Å². The van der Waals surface area contributed by atoms with Crippen molar-refractivity contribution in [3.63, 3.8) is 0 Å². The third-order valence-corrected chi connectivity index (χ3v) is 3.57. The lowest BCUT2D eigenvalue weighted by Crippen LogP contribution is -2.30. The third-order valence-electron chi connectivity index (χ3n) is 3.57. The highest BCUT2D eigenvalue weighted by Crippen LogP contribution is 2.15. The summed E-state index contributed by atoms with van der Waals surface area (Å²) in [5.41, 5.74) is 1.40. The summed E-state index contributed by atoms with van der Waals surface area (Å²) in [4.78, 5) is 2.39. The van der Waals surface area contributed by atoms with Crippen molar-refractivity contribution < 1.29 is 0 Å². The Labute approximate surface area is 112 Å². The van der Waals surface area contributed by atoms with Crippen molar-refractivity contribution >= 4 is 0 Å². The smallest absolute Gasteiger partial charge is 0.0317 e. The Morgan fingerprint density at radius 2 is 1.83 bits per heavy atom. The van der Waals surface area contributed by atoms with Crippen molar-refractivity contribution in [2.24, 2.45) is 0 Å². The molecule has 0 aliphatic rings. The second kappa shape index (κ2) is 8.28. The minimum atomic E-state index is 0.496. The summed E-state index contributed by atoms with van der Waals surface area (Å²) in [6.07, 6.45) is 2.35. The molecule has 1 aromatic rings. The summed E-state index contributed by atoms with van der Waals surface area (Å²) in [5, 5.41) is 3.65. The van der Waals surface area contributed by atoms with Gasteiger partial charge in [0.2, 0.25) is 0 Å². The molecule has 1 aromatic carbocycles. The second-order valence-electron chi connectivity index (χ2n) is 5.25. The molecular formula is C16H28N2. The fourth-order valence-electron chi connectivity index (χ4n) is 2.05. The van der Waals surface area contributed by atoms with Crippen molar-refractivity contribution in [1.29, 1.82) is 0 Å². The summed E-state index contributed by atoms with van der Waals surface area (Å²) in [5.74, 6) is 0. The molecule has 0 aromatic heterocycles. The maximum absolute atomic E-state index is 3.65. The topological polar surface area (TPSA) is 15.3 Å². The Balaban J connectivity index is 2.29. The van der Waals surface area contributed by atoms with Gasteiger partial charge in [-0.1, -0.05) is 37.3 Å². The van der Waals surface area contributed by atoms with Gasteiger partial charge in [0, 0.05) is 12.1 Å². The summed E-state index contributed by atoms with van der Waals surface area (Å²) >= 11 is 0. The van der Waals surface area contributed by atoms with Crippen LogP contribution in [0.3, 0.4) is 0 Å². The second-order valence-corrected chi connectivity index (χ2v) is 5.25. The maximum atomic E-state index is 3.65. The number of benzene rings is 1. The average Bonchev–Trinajstić information content (AvgIpc) is 2.39. The zero-order chi connectivity index (χ0) is 13.4. The van der Waals surface area contributed by atoms with Gasteiger partial charge in [-0.3, -0.25) is 0 Å². The van der Waals surface area contributed by atoms with Gasteiger partial charge in [0.15, 0.2) is 0 Å². The predicted octanol–water partition coefficient (Wildman–Crippen LogP) is 3.46. The van der Waals surface area contributed by atoms with E-state index in [2.05, 4.69) is 68.4 Å². The van der Waals surface area contributed by atoms with Gasteiger partial charge < -0.3 is 10.2 Å². The van der Waals surface area contributed by atoms with Crippen LogP contribution < -0.4 is 5.32 Å².